The van der Waals surface area contributed by atoms with E-state index < -0.39 is 30.0 Å². The van der Waals surface area contributed by atoms with Crippen molar-refractivity contribution < 1.29 is 27.9 Å². The van der Waals surface area contributed by atoms with E-state index in [2.05, 4.69) is 5.32 Å². The van der Waals surface area contributed by atoms with Crippen molar-refractivity contribution in [3.63, 3.8) is 0 Å². The molecule has 1 aromatic rings. The van der Waals surface area contributed by atoms with Gasteiger partial charge in [0.05, 0.1) is 23.0 Å². The maximum atomic E-state index is 13.5. The van der Waals surface area contributed by atoms with Crippen molar-refractivity contribution in [3.8, 4) is 0 Å². The molecule has 1 heterocycles. The zero-order valence-corrected chi connectivity index (χ0v) is 18.1. The Kier molecular flexibility index (Phi) is 8.16. The van der Waals surface area contributed by atoms with Crippen LogP contribution in [0.25, 0.3) is 0 Å². The van der Waals surface area contributed by atoms with Gasteiger partial charge in [-0.3, -0.25) is 14.5 Å². The Balaban J connectivity index is 2.27. The number of carbonyl (C=O) groups is 2. The van der Waals surface area contributed by atoms with E-state index in [0.717, 1.165) is 19.8 Å². The molecule has 1 saturated heterocycles. The van der Waals surface area contributed by atoms with Crippen LogP contribution in [0.1, 0.15) is 51.5 Å². The van der Waals surface area contributed by atoms with E-state index in [1.165, 1.54) is 12.1 Å². The van der Waals surface area contributed by atoms with Crippen molar-refractivity contribution in [3.05, 3.63) is 28.8 Å². The number of halogens is 4. The number of hydrogen-bond donors (Lipinski definition) is 2. The van der Waals surface area contributed by atoms with Gasteiger partial charge < -0.3 is 10.4 Å². The summed E-state index contributed by atoms with van der Waals surface area (Å²) < 4.78 is 40.5. The normalized spacial score (nSPS) is 19.2. The van der Waals surface area contributed by atoms with Gasteiger partial charge in [-0.2, -0.15) is 13.2 Å². The zero-order valence-electron chi connectivity index (χ0n) is 17.3. The van der Waals surface area contributed by atoms with E-state index >= 15 is 0 Å². The highest BCUT2D eigenvalue weighted by atomic mass is 35.5. The number of aliphatic carboxylic acids is 1. The number of nitrogens with zero attached hydrogens (tertiary/aromatic N) is 1. The summed E-state index contributed by atoms with van der Waals surface area (Å²) in [5.41, 5.74) is 0.811. The third-order valence-electron chi connectivity index (χ3n) is 5.77. The number of rotatable bonds is 7. The van der Waals surface area contributed by atoms with Crippen LogP contribution in [-0.2, 0) is 9.59 Å². The molecule has 0 aliphatic carbocycles. The lowest BCUT2D eigenvalue weighted by molar-refractivity contribution is -0.189. The van der Waals surface area contributed by atoms with Crippen LogP contribution in [-0.4, -0.2) is 47.2 Å². The number of carboxylic acid groups (broad SMARTS) is 1. The summed E-state index contributed by atoms with van der Waals surface area (Å²) in [5.74, 6) is -3.52. The molecule has 0 saturated carbocycles. The average molecular weight is 449 g/mol. The van der Waals surface area contributed by atoms with Crippen molar-refractivity contribution in [1.29, 1.82) is 0 Å². The van der Waals surface area contributed by atoms with Crippen LogP contribution in [0.15, 0.2) is 18.2 Å². The minimum atomic E-state index is -4.52. The van der Waals surface area contributed by atoms with Gasteiger partial charge in [0, 0.05) is 0 Å². The average Bonchev–Trinajstić information content (AvgIpc) is 2.63. The summed E-state index contributed by atoms with van der Waals surface area (Å²) >= 11 is 6.16. The number of carbonyl (C=O) groups excluding carboxylic acids is 1. The molecule has 3 atom stereocenters. The highest BCUT2D eigenvalue weighted by Crippen LogP contribution is 2.34. The van der Waals surface area contributed by atoms with E-state index in [4.69, 9.17) is 16.7 Å². The van der Waals surface area contributed by atoms with Gasteiger partial charge in [-0.1, -0.05) is 38.4 Å². The number of anilines is 1. The van der Waals surface area contributed by atoms with Crippen molar-refractivity contribution in [2.75, 3.05) is 18.4 Å². The molecule has 0 bridgehead atoms. The number of nitrogens with one attached hydrogen (secondary N) is 1. The fraction of sp³-hybridized carbons (Fsp3) is 0.619. The molecule has 1 aliphatic heterocycles. The first kappa shape index (κ1) is 24.5. The molecule has 0 radical (unpaired) electrons. The number of likely N-dealkylation sites (tertiary alicyclic amines) is 1. The molecule has 1 aromatic carbocycles. The van der Waals surface area contributed by atoms with Crippen molar-refractivity contribution in [1.82, 2.24) is 4.90 Å². The van der Waals surface area contributed by atoms with Crippen LogP contribution in [0.5, 0.6) is 0 Å². The molecule has 1 aliphatic rings. The van der Waals surface area contributed by atoms with Gasteiger partial charge in [-0.15, -0.1) is 0 Å². The monoisotopic (exact) mass is 448 g/mol. The molecular formula is C21H28ClF3N2O3. The van der Waals surface area contributed by atoms with Crippen LogP contribution in [0.4, 0.5) is 18.9 Å². The Labute approximate surface area is 179 Å². The minimum absolute atomic E-state index is 0.116. The predicted octanol–water partition coefficient (Wildman–Crippen LogP) is 5.16. The fourth-order valence-corrected chi connectivity index (χ4v) is 3.89. The Bertz CT molecular complexity index is 764. The SMILES string of the molecule is CC1CCN(C(C(=O)Nc2cc(C(C)CC(=O)O)ccc2Cl)C(C)C(F)(F)F)CC1. The largest absolute Gasteiger partial charge is 0.481 e. The van der Waals surface area contributed by atoms with Gasteiger partial charge in [-0.25, -0.2) is 0 Å². The maximum absolute atomic E-state index is 13.5. The molecule has 2 rings (SSSR count). The second-order valence-electron chi connectivity index (χ2n) is 8.22. The second-order valence-corrected chi connectivity index (χ2v) is 8.63. The molecule has 0 aromatic heterocycles. The quantitative estimate of drug-likeness (QED) is 0.604. The van der Waals surface area contributed by atoms with Crippen LogP contribution < -0.4 is 5.32 Å². The van der Waals surface area contributed by atoms with Gasteiger partial charge >= 0.3 is 12.1 Å². The van der Waals surface area contributed by atoms with Gasteiger partial charge in [0.15, 0.2) is 0 Å². The summed E-state index contributed by atoms with van der Waals surface area (Å²) in [7, 11) is 0. The van der Waals surface area contributed by atoms with Crippen LogP contribution in [0, 0.1) is 11.8 Å². The van der Waals surface area contributed by atoms with Gasteiger partial charge in [0.1, 0.15) is 6.04 Å². The molecule has 0 spiro atoms. The first-order chi connectivity index (χ1) is 13.9. The smallest absolute Gasteiger partial charge is 0.393 e. The Morgan fingerprint density at radius 1 is 1.27 bits per heavy atom. The number of carboxylic acids is 1. The molecule has 1 amide bonds. The lowest BCUT2D eigenvalue weighted by atomic mass is 9.92. The van der Waals surface area contributed by atoms with Crippen molar-refractivity contribution in [2.24, 2.45) is 11.8 Å². The third-order valence-corrected chi connectivity index (χ3v) is 6.10. The first-order valence-corrected chi connectivity index (χ1v) is 10.4. The van der Waals surface area contributed by atoms with E-state index in [1.54, 1.807) is 17.9 Å². The van der Waals surface area contributed by atoms with Crippen molar-refractivity contribution >= 4 is 29.2 Å². The van der Waals surface area contributed by atoms with Crippen molar-refractivity contribution in [2.45, 2.75) is 58.2 Å². The van der Waals surface area contributed by atoms with Crippen LogP contribution in [0.3, 0.4) is 0 Å². The molecule has 1 fully saturated rings. The summed E-state index contributed by atoms with van der Waals surface area (Å²) in [6, 6.07) is 3.32. The highest BCUT2D eigenvalue weighted by molar-refractivity contribution is 6.33. The number of piperidine rings is 1. The molecule has 9 heteroatoms. The first-order valence-electron chi connectivity index (χ1n) is 10.0. The van der Waals surface area contributed by atoms with Crippen LogP contribution in [0.2, 0.25) is 5.02 Å². The van der Waals surface area contributed by atoms with E-state index in [1.807, 2.05) is 6.92 Å². The number of alkyl halides is 3. The van der Waals surface area contributed by atoms with Crippen LogP contribution >= 0.6 is 11.6 Å². The predicted molar refractivity (Wildman–Crippen MR) is 110 cm³/mol. The van der Waals surface area contributed by atoms with Gasteiger partial charge in [-0.05, 0) is 55.5 Å². The Morgan fingerprint density at radius 3 is 2.40 bits per heavy atom. The standard InChI is InChI=1S/C21H28ClF3N2O3/c1-12-6-8-27(9-7-12)19(14(3)21(23,24)25)20(30)26-17-11-15(4-5-16(17)22)13(2)10-18(28)29/h4-5,11-14,19H,6-10H2,1-3H3,(H,26,30)(H,28,29). The number of hydrogen-bond acceptors (Lipinski definition) is 3. The number of amides is 1. The minimum Gasteiger partial charge on any atom is -0.481 e. The zero-order chi connectivity index (χ0) is 22.6. The van der Waals surface area contributed by atoms with Gasteiger partial charge in [0.25, 0.3) is 0 Å². The fourth-order valence-electron chi connectivity index (χ4n) is 3.73. The topological polar surface area (TPSA) is 69.6 Å². The molecular weight excluding hydrogens is 421 g/mol. The molecule has 5 nitrogen and oxygen atoms in total. The lowest BCUT2D eigenvalue weighted by Gasteiger charge is -2.39. The number of benzene rings is 1. The summed E-state index contributed by atoms with van der Waals surface area (Å²) in [4.78, 5) is 25.5. The summed E-state index contributed by atoms with van der Waals surface area (Å²) in [5, 5.41) is 11.7. The summed E-state index contributed by atoms with van der Waals surface area (Å²) in [6.07, 6.45) is -3.17. The lowest BCUT2D eigenvalue weighted by Crippen LogP contribution is -2.54. The maximum Gasteiger partial charge on any atom is 0.393 e. The highest BCUT2D eigenvalue weighted by Gasteiger charge is 2.47. The summed E-state index contributed by atoms with van der Waals surface area (Å²) in [6.45, 7) is 5.62. The molecule has 30 heavy (non-hydrogen) atoms. The molecule has 3 unspecified atom stereocenters. The molecule has 2 N–H and O–H groups in total. The van der Waals surface area contributed by atoms with E-state index in [9.17, 15) is 22.8 Å². The second kappa shape index (κ2) is 10.0. The molecule has 168 valence electrons. The van der Waals surface area contributed by atoms with E-state index in [0.29, 0.717) is 24.6 Å². The third kappa shape index (κ3) is 6.35. The Morgan fingerprint density at radius 2 is 1.87 bits per heavy atom. The Hall–Kier alpha value is -1.80. The van der Waals surface area contributed by atoms with E-state index in [-0.39, 0.29) is 23.0 Å². The van der Waals surface area contributed by atoms with Gasteiger partial charge in [0.2, 0.25) is 5.91 Å².